The smallest absolute Gasteiger partial charge is 0.273 e. The Morgan fingerprint density at radius 3 is 2.76 bits per heavy atom. The van der Waals surface area contributed by atoms with E-state index in [4.69, 9.17) is 5.73 Å². The number of hydrogen-bond acceptors (Lipinski definition) is 4. The highest BCUT2D eigenvalue weighted by molar-refractivity contribution is 7.94. The Labute approximate surface area is 129 Å². The summed E-state index contributed by atoms with van der Waals surface area (Å²) < 4.78 is 27.8. The Morgan fingerprint density at radius 1 is 1.29 bits per heavy atom. The molecule has 0 fully saturated rings. The summed E-state index contributed by atoms with van der Waals surface area (Å²) in [6, 6.07) is 11.2. The third-order valence-electron chi connectivity index (χ3n) is 3.69. The molecule has 0 saturated carbocycles. The Bertz CT molecular complexity index is 753. The molecule has 6 heteroatoms. The molecule has 1 aromatic heterocycles. The topological polar surface area (TPSA) is 63.4 Å². The number of fused-ring (bicyclic) bond motifs is 1. The van der Waals surface area contributed by atoms with Gasteiger partial charge in [-0.05, 0) is 36.1 Å². The standard InChI is InChI=1S/C15H18N2O2S2/c1-11-8-12-4-2-3-5-14(12)17(10-11)21(18,19)15-7-6-13(9-16)20-15/h2-7,11H,8-10,16H2,1H3. The van der Waals surface area contributed by atoms with Gasteiger partial charge in [-0.2, -0.15) is 0 Å². The van der Waals surface area contributed by atoms with E-state index in [2.05, 4.69) is 6.92 Å². The highest BCUT2D eigenvalue weighted by atomic mass is 32.2. The largest absolute Gasteiger partial charge is 0.326 e. The third kappa shape index (κ3) is 2.59. The molecular weight excluding hydrogens is 304 g/mol. The minimum Gasteiger partial charge on any atom is -0.326 e. The van der Waals surface area contributed by atoms with Crippen LogP contribution in [-0.4, -0.2) is 15.0 Å². The summed E-state index contributed by atoms with van der Waals surface area (Å²) >= 11 is 1.25. The van der Waals surface area contributed by atoms with Gasteiger partial charge in [0.05, 0.1) is 5.69 Å². The lowest BCUT2D eigenvalue weighted by Crippen LogP contribution is -2.38. The van der Waals surface area contributed by atoms with Gasteiger partial charge >= 0.3 is 0 Å². The highest BCUT2D eigenvalue weighted by Crippen LogP contribution is 2.35. The van der Waals surface area contributed by atoms with Crippen molar-refractivity contribution in [2.24, 2.45) is 11.7 Å². The number of benzene rings is 1. The SMILES string of the molecule is CC1Cc2ccccc2N(S(=O)(=O)c2ccc(CN)s2)C1. The molecule has 0 amide bonds. The summed E-state index contributed by atoms with van der Waals surface area (Å²) in [7, 11) is -3.50. The number of para-hydroxylation sites is 1. The van der Waals surface area contributed by atoms with Crippen molar-refractivity contribution in [3.8, 4) is 0 Å². The van der Waals surface area contributed by atoms with Crippen molar-refractivity contribution in [1.29, 1.82) is 0 Å². The van der Waals surface area contributed by atoms with Gasteiger partial charge in [-0.3, -0.25) is 4.31 Å². The van der Waals surface area contributed by atoms with Crippen LogP contribution in [0.5, 0.6) is 0 Å². The lowest BCUT2D eigenvalue weighted by molar-refractivity contribution is 0.546. The maximum absolute atomic E-state index is 12.9. The van der Waals surface area contributed by atoms with Gasteiger partial charge in [-0.25, -0.2) is 8.42 Å². The number of hydrogen-bond donors (Lipinski definition) is 1. The minimum absolute atomic E-state index is 0.309. The van der Waals surface area contributed by atoms with Crippen molar-refractivity contribution in [2.75, 3.05) is 10.8 Å². The van der Waals surface area contributed by atoms with E-state index in [1.807, 2.05) is 24.3 Å². The molecular formula is C15H18N2O2S2. The van der Waals surface area contributed by atoms with Crippen LogP contribution in [0.1, 0.15) is 17.4 Å². The molecule has 112 valence electrons. The molecule has 0 bridgehead atoms. The van der Waals surface area contributed by atoms with Crippen molar-refractivity contribution >= 4 is 27.0 Å². The van der Waals surface area contributed by atoms with Crippen LogP contribution >= 0.6 is 11.3 Å². The molecule has 1 aromatic carbocycles. The molecule has 3 rings (SSSR count). The van der Waals surface area contributed by atoms with Crippen LogP contribution in [0.4, 0.5) is 5.69 Å². The summed E-state index contributed by atoms with van der Waals surface area (Å²) in [5.74, 6) is 0.309. The van der Waals surface area contributed by atoms with E-state index < -0.39 is 10.0 Å². The first-order chi connectivity index (χ1) is 10.0. The van der Waals surface area contributed by atoms with Gasteiger partial charge in [0, 0.05) is 18.0 Å². The van der Waals surface area contributed by atoms with Crippen LogP contribution in [0, 0.1) is 5.92 Å². The number of nitrogens with two attached hydrogens (primary N) is 1. The molecule has 0 saturated heterocycles. The van der Waals surface area contributed by atoms with Gasteiger partial charge in [-0.1, -0.05) is 25.1 Å². The van der Waals surface area contributed by atoms with Gasteiger partial charge < -0.3 is 5.73 Å². The van der Waals surface area contributed by atoms with E-state index in [-0.39, 0.29) is 0 Å². The maximum Gasteiger partial charge on any atom is 0.273 e. The van der Waals surface area contributed by atoms with E-state index in [0.717, 1.165) is 22.5 Å². The van der Waals surface area contributed by atoms with Gasteiger partial charge in [-0.15, -0.1) is 11.3 Å². The van der Waals surface area contributed by atoms with Crippen molar-refractivity contribution in [3.05, 3.63) is 46.8 Å². The number of sulfonamides is 1. The second kappa shape index (κ2) is 5.44. The first-order valence-corrected chi connectivity index (χ1v) is 9.17. The number of rotatable bonds is 3. The molecule has 2 N–H and O–H groups in total. The predicted molar refractivity (Wildman–Crippen MR) is 86.1 cm³/mol. The zero-order chi connectivity index (χ0) is 15.0. The van der Waals surface area contributed by atoms with Crippen LogP contribution in [0.3, 0.4) is 0 Å². The monoisotopic (exact) mass is 322 g/mol. The molecule has 1 atom stereocenters. The van der Waals surface area contributed by atoms with E-state index in [1.165, 1.54) is 11.3 Å². The molecule has 0 spiro atoms. The third-order valence-corrected chi connectivity index (χ3v) is 7.04. The Kier molecular flexibility index (Phi) is 3.77. The molecule has 1 aliphatic rings. The highest BCUT2D eigenvalue weighted by Gasteiger charge is 2.32. The van der Waals surface area contributed by atoms with Gasteiger partial charge in [0.1, 0.15) is 4.21 Å². The normalized spacial score (nSPS) is 18.6. The Hall–Kier alpha value is -1.37. The minimum atomic E-state index is -3.50. The summed E-state index contributed by atoms with van der Waals surface area (Å²) in [4.78, 5) is 0.881. The summed E-state index contributed by atoms with van der Waals surface area (Å²) in [6.45, 7) is 2.97. The van der Waals surface area contributed by atoms with E-state index in [9.17, 15) is 8.42 Å². The number of anilines is 1. The first kappa shape index (κ1) is 14.6. The fraction of sp³-hybridized carbons (Fsp3) is 0.333. The van der Waals surface area contributed by atoms with Gasteiger partial charge in [0.15, 0.2) is 0 Å². The molecule has 21 heavy (non-hydrogen) atoms. The van der Waals surface area contributed by atoms with Crippen molar-refractivity contribution < 1.29 is 8.42 Å². The van der Waals surface area contributed by atoms with E-state index in [1.54, 1.807) is 16.4 Å². The zero-order valence-electron chi connectivity index (χ0n) is 11.8. The lowest BCUT2D eigenvalue weighted by Gasteiger charge is -2.33. The Balaban J connectivity index is 2.07. The van der Waals surface area contributed by atoms with Crippen molar-refractivity contribution in [1.82, 2.24) is 0 Å². The van der Waals surface area contributed by atoms with Crippen molar-refractivity contribution in [2.45, 2.75) is 24.1 Å². The molecule has 0 aliphatic carbocycles. The van der Waals surface area contributed by atoms with Crippen LogP contribution in [0.15, 0.2) is 40.6 Å². The quantitative estimate of drug-likeness (QED) is 0.945. The van der Waals surface area contributed by atoms with Gasteiger partial charge in [0.25, 0.3) is 10.0 Å². The molecule has 2 heterocycles. The van der Waals surface area contributed by atoms with Gasteiger partial charge in [0.2, 0.25) is 0 Å². The van der Waals surface area contributed by atoms with Crippen LogP contribution < -0.4 is 10.0 Å². The average Bonchev–Trinajstić information content (AvgIpc) is 2.96. The molecule has 2 aromatic rings. The number of thiophene rings is 1. The summed E-state index contributed by atoms with van der Waals surface area (Å²) in [5, 5.41) is 0. The molecule has 0 radical (unpaired) electrons. The first-order valence-electron chi connectivity index (χ1n) is 6.92. The average molecular weight is 322 g/mol. The fourth-order valence-electron chi connectivity index (χ4n) is 2.69. The second-order valence-corrected chi connectivity index (χ2v) is 8.66. The van der Waals surface area contributed by atoms with Crippen molar-refractivity contribution in [3.63, 3.8) is 0 Å². The fourth-order valence-corrected chi connectivity index (χ4v) is 5.66. The van der Waals surface area contributed by atoms with Crippen LogP contribution in [0.25, 0.3) is 0 Å². The maximum atomic E-state index is 12.9. The second-order valence-electron chi connectivity index (χ2n) is 5.40. The lowest BCUT2D eigenvalue weighted by atomic mass is 9.96. The summed E-state index contributed by atoms with van der Waals surface area (Å²) in [6.07, 6.45) is 0.917. The molecule has 4 nitrogen and oxygen atoms in total. The number of nitrogens with zero attached hydrogens (tertiary/aromatic N) is 1. The van der Waals surface area contributed by atoms with E-state index >= 15 is 0 Å². The van der Waals surface area contributed by atoms with Crippen LogP contribution in [-0.2, 0) is 23.0 Å². The molecule has 1 unspecified atom stereocenters. The Morgan fingerprint density at radius 2 is 2.05 bits per heavy atom. The summed E-state index contributed by atoms with van der Waals surface area (Å²) in [5.41, 5.74) is 7.48. The zero-order valence-corrected chi connectivity index (χ0v) is 13.5. The van der Waals surface area contributed by atoms with E-state index in [0.29, 0.717) is 23.2 Å². The molecule has 1 aliphatic heterocycles. The predicted octanol–water partition coefficient (Wildman–Crippen LogP) is 2.59. The van der Waals surface area contributed by atoms with Crippen LogP contribution in [0.2, 0.25) is 0 Å².